The zero-order valence-electron chi connectivity index (χ0n) is 17.9. The largest absolute Gasteiger partial charge is 0.486 e. The summed E-state index contributed by atoms with van der Waals surface area (Å²) in [5, 5.41) is 0. The molecule has 172 valence electrons. The molecule has 2 aromatic carbocycles. The smallest absolute Gasteiger partial charge is 0.243 e. The van der Waals surface area contributed by atoms with Gasteiger partial charge in [0.1, 0.15) is 19.0 Å². The SMILES string of the molecule is CCN(CC(=O)N1CCN(S(=O)(=O)c2ccc3c(c2)OCCO3)CC1)c1cccc(F)c1. The number of benzene rings is 2. The minimum absolute atomic E-state index is 0.106. The number of halogens is 1. The van der Waals surface area contributed by atoms with Crippen LogP contribution in [0.1, 0.15) is 6.92 Å². The van der Waals surface area contributed by atoms with Crippen molar-refractivity contribution >= 4 is 21.6 Å². The number of fused-ring (bicyclic) bond motifs is 1. The van der Waals surface area contributed by atoms with Crippen molar-refractivity contribution in [3.05, 3.63) is 48.3 Å². The summed E-state index contributed by atoms with van der Waals surface area (Å²) in [6.45, 7) is 4.36. The van der Waals surface area contributed by atoms with Crippen LogP contribution in [0.2, 0.25) is 0 Å². The molecule has 0 aliphatic carbocycles. The average Bonchev–Trinajstić information content (AvgIpc) is 2.82. The van der Waals surface area contributed by atoms with Gasteiger partial charge in [-0.1, -0.05) is 6.07 Å². The first-order valence-electron chi connectivity index (χ1n) is 10.6. The molecule has 32 heavy (non-hydrogen) atoms. The summed E-state index contributed by atoms with van der Waals surface area (Å²) in [7, 11) is -3.71. The normalized spacial score (nSPS) is 16.6. The maximum Gasteiger partial charge on any atom is 0.243 e. The molecular formula is C22H26FN3O5S. The summed E-state index contributed by atoms with van der Waals surface area (Å²) < 4.78 is 52.0. The summed E-state index contributed by atoms with van der Waals surface area (Å²) in [6, 6.07) is 10.7. The highest BCUT2D eigenvalue weighted by Gasteiger charge is 2.31. The molecule has 0 aromatic heterocycles. The van der Waals surface area contributed by atoms with Gasteiger partial charge < -0.3 is 19.3 Å². The van der Waals surface area contributed by atoms with Gasteiger partial charge in [-0.05, 0) is 37.3 Å². The standard InChI is InChI=1S/C22H26FN3O5S/c1-2-24(18-5-3-4-17(23)14-18)16-22(27)25-8-10-26(11-9-25)32(28,29)19-6-7-20-21(15-19)31-13-12-30-20/h3-7,14-15H,2,8-13,16H2,1H3. The second-order valence-corrected chi connectivity index (χ2v) is 9.52. The van der Waals surface area contributed by atoms with Gasteiger partial charge in [-0.2, -0.15) is 4.31 Å². The number of amides is 1. The second-order valence-electron chi connectivity index (χ2n) is 7.58. The van der Waals surface area contributed by atoms with Crippen LogP contribution in [0.15, 0.2) is 47.4 Å². The van der Waals surface area contributed by atoms with Crippen molar-refractivity contribution in [3.63, 3.8) is 0 Å². The number of anilines is 1. The summed E-state index contributed by atoms with van der Waals surface area (Å²) in [4.78, 5) is 16.4. The third kappa shape index (κ3) is 4.66. The van der Waals surface area contributed by atoms with Crippen LogP contribution >= 0.6 is 0 Å². The Morgan fingerprint density at radius 3 is 2.44 bits per heavy atom. The average molecular weight is 464 g/mol. The van der Waals surface area contributed by atoms with Crippen LogP contribution in [0.4, 0.5) is 10.1 Å². The molecule has 8 nitrogen and oxygen atoms in total. The maximum atomic E-state index is 13.5. The number of piperazine rings is 1. The Morgan fingerprint density at radius 1 is 1.03 bits per heavy atom. The molecule has 1 amide bonds. The lowest BCUT2D eigenvalue weighted by Crippen LogP contribution is -2.52. The number of nitrogens with zero attached hydrogens (tertiary/aromatic N) is 3. The minimum Gasteiger partial charge on any atom is -0.486 e. The molecule has 0 spiro atoms. The van der Waals surface area contributed by atoms with E-state index in [0.29, 0.717) is 50.0 Å². The summed E-state index contributed by atoms with van der Waals surface area (Å²) in [5.74, 6) is 0.478. The molecule has 2 aliphatic heterocycles. The second kappa shape index (κ2) is 9.33. The molecule has 1 fully saturated rings. The number of hydrogen-bond acceptors (Lipinski definition) is 6. The van der Waals surface area contributed by atoms with Crippen LogP contribution in [-0.2, 0) is 14.8 Å². The summed E-state index contributed by atoms with van der Waals surface area (Å²) in [5.41, 5.74) is 0.640. The van der Waals surface area contributed by atoms with E-state index in [9.17, 15) is 17.6 Å². The number of sulfonamides is 1. The van der Waals surface area contributed by atoms with Crippen molar-refractivity contribution in [1.29, 1.82) is 0 Å². The zero-order valence-corrected chi connectivity index (χ0v) is 18.7. The van der Waals surface area contributed by atoms with E-state index in [1.165, 1.54) is 28.6 Å². The fraction of sp³-hybridized carbons (Fsp3) is 0.409. The Morgan fingerprint density at radius 2 is 1.75 bits per heavy atom. The molecule has 10 heteroatoms. The number of likely N-dealkylation sites (N-methyl/N-ethyl adjacent to an activating group) is 1. The molecule has 1 saturated heterocycles. The van der Waals surface area contributed by atoms with Gasteiger partial charge in [-0.3, -0.25) is 4.79 Å². The van der Waals surface area contributed by atoms with Gasteiger partial charge in [-0.15, -0.1) is 0 Å². The van der Waals surface area contributed by atoms with E-state index in [4.69, 9.17) is 9.47 Å². The van der Waals surface area contributed by atoms with E-state index in [0.717, 1.165) is 0 Å². The zero-order chi connectivity index (χ0) is 22.7. The van der Waals surface area contributed by atoms with Gasteiger partial charge in [0.15, 0.2) is 11.5 Å². The molecule has 0 saturated carbocycles. The third-order valence-electron chi connectivity index (χ3n) is 5.62. The van der Waals surface area contributed by atoms with Crippen molar-refractivity contribution in [2.75, 3.05) is 57.4 Å². The van der Waals surface area contributed by atoms with E-state index in [-0.39, 0.29) is 36.3 Å². The van der Waals surface area contributed by atoms with Crippen LogP contribution in [0.25, 0.3) is 0 Å². The molecule has 0 radical (unpaired) electrons. The number of carbonyl (C=O) groups is 1. The number of carbonyl (C=O) groups excluding carboxylic acids is 1. The number of rotatable bonds is 6. The third-order valence-corrected chi connectivity index (χ3v) is 7.52. The van der Waals surface area contributed by atoms with Crippen LogP contribution < -0.4 is 14.4 Å². The maximum absolute atomic E-state index is 13.5. The van der Waals surface area contributed by atoms with E-state index in [2.05, 4.69) is 0 Å². The Bertz CT molecular complexity index is 1090. The van der Waals surface area contributed by atoms with Crippen LogP contribution in [0, 0.1) is 5.82 Å². The molecule has 4 rings (SSSR count). The molecule has 2 heterocycles. The van der Waals surface area contributed by atoms with Crippen LogP contribution in [0.3, 0.4) is 0 Å². The fourth-order valence-electron chi connectivity index (χ4n) is 3.83. The first-order chi connectivity index (χ1) is 15.4. The number of hydrogen-bond donors (Lipinski definition) is 0. The predicted octanol–water partition coefficient (Wildman–Crippen LogP) is 1.96. The van der Waals surface area contributed by atoms with Gasteiger partial charge in [0.25, 0.3) is 0 Å². The minimum atomic E-state index is -3.71. The summed E-state index contributed by atoms with van der Waals surface area (Å²) >= 11 is 0. The number of ether oxygens (including phenoxy) is 2. The van der Waals surface area contributed by atoms with Crippen LogP contribution in [-0.4, -0.2) is 76.0 Å². The molecule has 0 bridgehead atoms. The Labute approximate surface area is 187 Å². The van der Waals surface area contributed by atoms with Crippen molar-refractivity contribution in [2.45, 2.75) is 11.8 Å². The Hall–Kier alpha value is -2.85. The Balaban J connectivity index is 1.38. The van der Waals surface area contributed by atoms with Crippen molar-refractivity contribution in [3.8, 4) is 11.5 Å². The molecule has 2 aliphatic rings. The quantitative estimate of drug-likeness (QED) is 0.652. The van der Waals surface area contributed by atoms with Crippen molar-refractivity contribution in [2.24, 2.45) is 0 Å². The molecule has 2 aromatic rings. The van der Waals surface area contributed by atoms with E-state index in [1.807, 2.05) is 6.92 Å². The van der Waals surface area contributed by atoms with Gasteiger partial charge >= 0.3 is 0 Å². The highest BCUT2D eigenvalue weighted by molar-refractivity contribution is 7.89. The summed E-state index contributed by atoms with van der Waals surface area (Å²) in [6.07, 6.45) is 0. The van der Waals surface area contributed by atoms with E-state index < -0.39 is 10.0 Å². The lowest BCUT2D eigenvalue weighted by molar-refractivity contribution is -0.130. The topological polar surface area (TPSA) is 79.4 Å². The monoisotopic (exact) mass is 463 g/mol. The highest BCUT2D eigenvalue weighted by atomic mass is 32.2. The van der Waals surface area contributed by atoms with Gasteiger partial charge in [0.2, 0.25) is 15.9 Å². The highest BCUT2D eigenvalue weighted by Crippen LogP contribution is 2.33. The Kier molecular flexibility index (Phi) is 6.52. The predicted molar refractivity (Wildman–Crippen MR) is 117 cm³/mol. The van der Waals surface area contributed by atoms with Crippen molar-refractivity contribution in [1.82, 2.24) is 9.21 Å². The van der Waals surface area contributed by atoms with Gasteiger partial charge in [0, 0.05) is 44.5 Å². The first kappa shape index (κ1) is 22.3. The van der Waals surface area contributed by atoms with E-state index >= 15 is 0 Å². The lowest BCUT2D eigenvalue weighted by atomic mass is 10.2. The van der Waals surface area contributed by atoms with Crippen molar-refractivity contribution < 1.29 is 27.1 Å². The molecule has 0 N–H and O–H groups in total. The molecule has 0 unspecified atom stereocenters. The van der Waals surface area contributed by atoms with E-state index in [1.54, 1.807) is 28.0 Å². The molecule has 0 atom stereocenters. The van der Waals surface area contributed by atoms with Gasteiger partial charge in [0.05, 0.1) is 11.4 Å². The lowest BCUT2D eigenvalue weighted by Gasteiger charge is -2.35. The fourth-order valence-corrected chi connectivity index (χ4v) is 5.27. The molecular weight excluding hydrogens is 437 g/mol. The first-order valence-corrected chi connectivity index (χ1v) is 12.0. The van der Waals surface area contributed by atoms with Crippen LogP contribution in [0.5, 0.6) is 11.5 Å². The van der Waals surface area contributed by atoms with Gasteiger partial charge in [-0.25, -0.2) is 12.8 Å².